The third kappa shape index (κ3) is 3.62. The number of benzene rings is 1. The molecule has 0 bridgehead atoms. The van der Waals surface area contributed by atoms with Crippen LogP contribution in [0, 0.1) is 17.9 Å². The highest BCUT2D eigenvalue weighted by Crippen LogP contribution is 2.13. The van der Waals surface area contributed by atoms with E-state index in [2.05, 4.69) is 16.7 Å². The second-order valence-corrected chi connectivity index (χ2v) is 3.61. The van der Waals surface area contributed by atoms with Crippen molar-refractivity contribution in [1.82, 2.24) is 0 Å². The number of nitrogens with one attached hydrogen (secondary N) is 1. The summed E-state index contributed by atoms with van der Waals surface area (Å²) in [6, 6.07) is 8.63. The molecule has 4 heteroatoms. The van der Waals surface area contributed by atoms with Crippen LogP contribution in [0.4, 0.5) is 5.69 Å². The Morgan fingerprint density at radius 2 is 2.11 bits per heavy atom. The third-order valence-electron chi connectivity index (χ3n) is 2.09. The molecule has 1 aromatic carbocycles. The molecule has 0 radical (unpaired) electrons. The van der Waals surface area contributed by atoms with Crippen molar-refractivity contribution in [3.05, 3.63) is 59.1 Å². The smallest absolute Gasteiger partial charge is 0.262 e. The van der Waals surface area contributed by atoms with Crippen LogP contribution in [0.5, 0.6) is 0 Å². The summed E-state index contributed by atoms with van der Waals surface area (Å²) in [6.07, 6.45) is 1.48. The van der Waals surface area contributed by atoms with Crippen LogP contribution >= 0.6 is 0 Å². The molecule has 88 valence electrons. The Labute approximate surface area is 106 Å². The lowest BCUT2D eigenvalue weighted by atomic mass is 10.1. The molecular weight excluding hydrogens is 226 g/mol. The van der Waals surface area contributed by atoms with Gasteiger partial charge in [0, 0.05) is 11.3 Å². The van der Waals surface area contributed by atoms with Gasteiger partial charge in [0.2, 0.25) is 0 Å². The van der Waals surface area contributed by atoms with Gasteiger partial charge >= 0.3 is 0 Å². The molecule has 0 aliphatic heterocycles. The molecule has 0 atom stereocenters. The predicted octanol–water partition coefficient (Wildman–Crippen LogP) is 2.98. The van der Waals surface area contributed by atoms with E-state index in [1.54, 1.807) is 37.3 Å². The molecule has 1 N–H and O–H groups in total. The molecular formula is C14H11N3O. The van der Waals surface area contributed by atoms with Gasteiger partial charge < -0.3 is 5.32 Å². The Kier molecular flexibility index (Phi) is 4.42. The monoisotopic (exact) mass is 237 g/mol. The fraction of sp³-hybridized carbons (Fsp3) is 0.0714. The van der Waals surface area contributed by atoms with Gasteiger partial charge in [-0.3, -0.25) is 4.79 Å². The van der Waals surface area contributed by atoms with Crippen molar-refractivity contribution in [1.29, 1.82) is 5.26 Å². The predicted molar refractivity (Wildman–Crippen MR) is 70.1 cm³/mol. The van der Waals surface area contributed by atoms with Crippen molar-refractivity contribution in [2.75, 3.05) is 5.32 Å². The molecule has 0 aromatic heterocycles. The average molecular weight is 237 g/mol. The number of carbonyl (C=O) groups is 1. The van der Waals surface area contributed by atoms with E-state index in [0.29, 0.717) is 11.3 Å². The number of allylic oxidation sites excluding steroid dienone is 1. The van der Waals surface area contributed by atoms with Crippen molar-refractivity contribution in [2.45, 2.75) is 6.92 Å². The van der Waals surface area contributed by atoms with Gasteiger partial charge in [0.15, 0.2) is 0 Å². The van der Waals surface area contributed by atoms with Crippen molar-refractivity contribution < 1.29 is 4.79 Å². The number of anilines is 1. The largest absolute Gasteiger partial charge is 0.322 e. The number of nitrogens with zero attached hydrogens (tertiary/aromatic N) is 2. The van der Waals surface area contributed by atoms with Gasteiger partial charge in [-0.25, -0.2) is 10.1 Å². The first-order valence-electron chi connectivity index (χ1n) is 5.13. The van der Waals surface area contributed by atoms with Crippen LogP contribution in [0.3, 0.4) is 0 Å². The van der Waals surface area contributed by atoms with E-state index < -0.39 is 0 Å². The van der Waals surface area contributed by atoms with Crippen LogP contribution in [0.15, 0.2) is 42.1 Å². The number of hydrogen-bond donors (Lipinski definition) is 1. The molecule has 0 unspecified atom stereocenters. The Bertz CT molecular complexity index is 567. The summed E-state index contributed by atoms with van der Waals surface area (Å²) in [7, 11) is 0. The molecule has 0 spiro atoms. The highest BCUT2D eigenvalue weighted by molar-refractivity contribution is 6.02. The number of amides is 1. The Morgan fingerprint density at radius 1 is 1.50 bits per heavy atom. The second kappa shape index (κ2) is 6.03. The van der Waals surface area contributed by atoms with Gasteiger partial charge in [0.1, 0.15) is 0 Å². The van der Waals surface area contributed by atoms with E-state index in [9.17, 15) is 4.79 Å². The lowest BCUT2D eigenvalue weighted by Gasteiger charge is -2.04. The molecule has 0 saturated carbocycles. The maximum absolute atomic E-state index is 11.4. The van der Waals surface area contributed by atoms with Gasteiger partial charge in [-0.15, -0.1) is 0 Å². The third-order valence-corrected chi connectivity index (χ3v) is 2.09. The number of carbonyl (C=O) groups excluding carboxylic acids is 1. The molecule has 18 heavy (non-hydrogen) atoms. The molecule has 4 nitrogen and oxygen atoms in total. The lowest BCUT2D eigenvalue weighted by Crippen LogP contribution is -2.11. The maximum atomic E-state index is 11.4. The molecule has 0 fully saturated rings. The first kappa shape index (κ1) is 13.2. The van der Waals surface area contributed by atoms with Crippen molar-refractivity contribution in [2.24, 2.45) is 0 Å². The molecule has 1 amide bonds. The number of rotatable bonds is 3. The van der Waals surface area contributed by atoms with Gasteiger partial charge in [0.05, 0.1) is 12.6 Å². The highest BCUT2D eigenvalue weighted by Gasteiger charge is 2.02. The van der Waals surface area contributed by atoms with Gasteiger partial charge in [0.25, 0.3) is 11.6 Å². The van der Waals surface area contributed by atoms with Crippen molar-refractivity contribution in [3.63, 3.8) is 0 Å². The molecule has 0 aliphatic rings. The lowest BCUT2D eigenvalue weighted by molar-refractivity contribution is -0.112. The van der Waals surface area contributed by atoms with Crippen LogP contribution in [0.1, 0.15) is 12.5 Å². The molecule has 1 aromatic rings. The Hall–Kier alpha value is -2.85. The van der Waals surface area contributed by atoms with Gasteiger partial charge in [-0.2, -0.15) is 0 Å². The SMILES string of the molecule is [C-]#[N+]/C(C#N)=C\c1ccc(NC(=O)C(=C)C)cc1. The van der Waals surface area contributed by atoms with Crippen LogP contribution in [0.25, 0.3) is 10.9 Å². The fourth-order valence-electron chi connectivity index (χ4n) is 1.15. The number of nitriles is 1. The summed E-state index contributed by atoms with van der Waals surface area (Å²) in [4.78, 5) is 14.4. The first-order valence-corrected chi connectivity index (χ1v) is 5.13. The summed E-state index contributed by atoms with van der Waals surface area (Å²) in [5.74, 6) is -0.239. The van der Waals surface area contributed by atoms with E-state index in [1.165, 1.54) is 6.08 Å². The first-order chi connectivity index (χ1) is 8.56. The van der Waals surface area contributed by atoms with Crippen molar-refractivity contribution >= 4 is 17.7 Å². The standard InChI is InChI=1S/C14H11N3O/c1-10(2)14(18)17-12-6-4-11(5-7-12)8-13(9-15)16-3/h4-8H,1H2,2H3,(H,17,18)/b13-8-. The summed E-state index contributed by atoms with van der Waals surface area (Å²) < 4.78 is 0. The minimum absolute atomic E-state index is 0.0220. The minimum atomic E-state index is -0.239. The molecule has 0 saturated heterocycles. The zero-order valence-corrected chi connectivity index (χ0v) is 9.90. The van der Waals surface area contributed by atoms with Crippen LogP contribution < -0.4 is 5.32 Å². The molecule has 0 aliphatic carbocycles. The Balaban J connectivity index is 2.85. The van der Waals surface area contributed by atoms with Crippen molar-refractivity contribution in [3.8, 4) is 6.07 Å². The van der Waals surface area contributed by atoms with E-state index >= 15 is 0 Å². The summed E-state index contributed by atoms with van der Waals surface area (Å²) in [5.41, 5.74) is 1.82. The van der Waals surface area contributed by atoms with Gasteiger partial charge in [-0.1, -0.05) is 18.7 Å². The van der Waals surface area contributed by atoms with E-state index in [1.807, 2.05) is 0 Å². The van der Waals surface area contributed by atoms with E-state index in [-0.39, 0.29) is 11.6 Å². The molecule has 0 heterocycles. The maximum Gasteiger partial charge on any atom is 0.262 e. The topological polar surface area (TPSA) is 57.2 Å². The number of hydrogen-bond acceptors (Lipinski definition) is 2. The normalized spacial score (nSPS) is 10.1. The highest BCUT2D eigenvalue weighted by atomic mass is 16.1. The minimum Gasteiger partial charge on any atom is -0.322 e. The van der Waals surface area contributed by atoms with Crippen LogP contribution in [-0.4, -0.2) is 5.91 Å². The summed E-state index contributed by atoms with van der Waals surface area (Å²) in [5, 5.41) is 11.3. The summed E-state index contributed by atoms with van der Waals surface area (Å²) >= 11 is 0. The van der Waals surface area contributed by atoms with Crippen LogP contribution in [-0.2, 0) is 4.79 Å². The van der Waals surface area contributed by atoms with Gasteiger partial charge in [-0.05, 0) is 30.7 Å². The average Bonchev–Trinajstić information content (AvgIpc) is 2.37. The van der Waals surface area contributed by atoms with Crippen LogP contribution in [0.2, 0.25) is 0 Å². The van der Waals surface area contributed by atoms with E-state index in [4.69, 9.17) is 11.8 Å². The zero-order valence-electron chi connectivity index (χ0n) is 9.90. The molecule has 1 rings (SSSR count). The van der Waals surface area contributed by atoms with E-state index in [0.717, 1.165) is 5.56 Å². The quantitative estimate of drug-likeness (QED) is 0.499. The Morgan fingerprint density at radius 3 is 2.56 bits per heavy atom. The second-order valence-electron chi connectivity index (χ2n) is 3.61. The fourth-order valence-corrected chi connectivity index (χ4v) is 1.15. The summed E-state index contributed by atoms with van der Waals surface area (Å²) in [6.45, 7) is 11.9. The zero-order chi connectivity index (χ0) is 13.5.